The molecule has 0 aliphatic heterocycles. The SMILES string of the molecule is O=C(N/N=C/c1ccc(O)c([N+](=O)[O-])c1)C1CC1(c1ccccc1)c1ccccc1. The number of nitrogens with zero attached hydrogens (tertiary/aromatic N) is 2. The molecule has 3 aromatic rings. The highest BCUT2D eigenvalue weighted by Crippen LogP contribution is 2.58. The van der Waals surface area contributed by atoms with Gasteiger partial charge in [-0.05, 0) is 29.7 Å². The summed E-state index contributed by atoms with van der Waals surface area (Å²) in [6, 6.07) is 23.7. The minimum atomic E-state index is -0.677. The Morgan fingerprint density at radius 2 is 1.67 bits per heavy atom. The highest BCUT2D eigenvalue weighted by atomic mass is 16.6. The van der Waals surface area contributed by atoms with Gasteiger partial charge in [0, 0.05) is 17.0 Å². The number of hydrazone groups is 1. The van der Waals surface area contributed by atoms with E-state index in [1.165, 1.54) is 24.4 Å². The fraction of sp³-hybridized carbons (Fsp3) is 0.130. The molecule has 3 aromatic carbocycles. The van der Waals surface area contributed by atoms with E-state index < -0.39 is 16.4 Å². The molecule has 0 radical (unpaired) electrons. The zero-order valence-electron chi connectivity index (χ0n) is 15.9. The van der Waals surface area contributed by atoms with E-state index in [1.54, 1.807) is 0 Å². The van der Waals surface area contributed by atoms with Crippen molar-refractivity contribution in [2.75, 3.05) is 0 Å². The number of carbonyl (C=O) groups excluding carboxylic acids is 1. The molecule has 4 rings (SSSR count). The molecule has 0 spiro atoms. The lowest BCUT2D eigenvalue weighted by atomic mass is 9.85. The third kappa shape index (κ3) is 3.53. The molecule has 30 heavy (non-hydrogen) atoms. The highest BCUT2D eigenvalue weighted by Gasteiger charge is 2.60. The van der Waals surface area contributed by atoms with Gasteiger partial charge in [0.25, 0.3) is 0 Å². The van der Waals surface area contributed by atoms with Crippen molar-refractivity contribution >= 4 is 17.8 Å². The summed E-state index contributed by atoms with van der Waals surface area (Å²) in [4.78, 5) is 23.1. The molecule has 1 amide bonds. The van der Waals surface area contributed by atoms with Gasteiger partial charge in [0.2, 0.25) is 5.91 Å². The van der Waals surface area contributed by atoms with Crippen molar-refractivity contribution < 1.29 is 14.8 Å². The van der Waals surface area contributed by atoms with E-state index in [1.807, 2.05) is 60.7 Å². The molecule has 1 aliphatic rings. The van der Waals surface area contributed by atoms with Gasteiger partial charge in [-0.1, -0.05) is 60.7 Å². The number of hydrogen-bond acceptors (Lipinski definition) is 5. The summed E-state index contributed by atoms with van der Waals surface area (Å²) in [7, 11) is 0. The second kappa shape index (κ2) is 7.79. The van der Waals surface area contributed by atoms with Crippen LogP contribution in [0.3, 0.4) is 0 Å². The Labute approximate surface area is 172 Å². The fourth-order valence-corrected chi connectivity index (χ4v) is 3.87. The lowest BCUT2D eigenvalue weighted by Gasteiger charge is -2.18. The molecule has 1 aliphatic carbocycles. The maximum absolute atomic E-state index is 12.8. The van der Waals surface area contributed by atoms with Gasteiger partial charge in [0.05, 0.1) is 17.1 Å². The van der Waals surface area contributed by atoms with Crippen molar-refractivity contribution in [2.45, 2.75) is 11.8 Å². The number of nitrogens with one attached hydrogen (secondary N) is 1. The van der Waals surface area contributed by atoms with Crippen LogP contribution in [0, 0.1) is 16.0 Å². The second-order valence-electron chi connectivity index (χ2n) is 7.20. The quantitative estimate of drug-likeness (QED) is 0.373. The number of aromatic hydroxyl groups is 1. The molecule has 7 nitrogen and oxygen atoms in total. The van der Waals surface area contributed by atoms with Gasteiger partial charge in [0.15, 0.2) is 5.75 Å². The molecule has 1 unspecified atom stereocenters. The lowest BCUT2D eigenvalue weighted by Crippen LogP contribution is -2.25. The molecule has 2 N–H and O–H groups in total. The zero-order chi connectivity index (χ0) is 21.1. The maximum Gasteiger partial charge on any atom is 0.311 e. The smallest absolute Gasteiger partial charge is 0.311 e. The van der Waals surface area contributed by atoms with Crippen molar-refractivity contribution in [3.63, 3.8) is 0 Å². The Morgan fingerprint density at radius 3 is 2.23 bits per heavy atom. The van der Waals surface area contributed by atoms with E-state index in [4.69, 9.17) is 0 Å². The minimum Gasteiger partial charge on any atom is -0.502 e. The number of rotatable bonds is 6. The number of amides is 1. The van der Waals surface area contributed by atoms with Gasteiger partial charge in [0.1, 0.15) is 0 Å². The molecule has 0 heterocycles. The van der Waals surface area contributed by atoms with Gasteiger partial charge in [-0.2, -0.15) is 5.10 Å². The van der Waals surface area contributed by atoms with Crippen LogP contribution in [0.4, 0.5) is 5.69 Å². The molecule has 1 atom stereocenters. The van der Waals surface area contributed by atoms with Crippen LogP contribution in [0.2, 0.25) is 0 Å². The maximum atomic E-state index is 12.8. The lowest BCUT2D eigenvalue weighted by molar-refractivity contribution is -0.385. The van der Waals surface area contributed by atoms with E-state index in [2.05, 4.69) is 10.5 Å². The minimum absolute atomic E-state index is 0.216. The van der Waals surface area contributed by atoms with Crippen LogP contribution < -0.4 is 5.43 Å². The fourth-order valence-electron chi connectivity index (χ4n) is 3.87. The molecule has 0 bridgehead atoms. The zero-order valence-corrected chi connectivity index (χ0v) is 15.9. The Bertz CT molecular complexity index is 1070. The van der Waals surface area contributed by atoms with Gasteiger partial charge >= 0.3 is 5.69 Å². The van der Waals surface area contributed by atoms with Crippen LogP contribution >= 0.6 is 0 Å². The number of hydrogen-bond donors (Lipinski definition) is 2. The number of phenolic OH excluding ortho intramolecular Hbond substituents is 1. The van der Waals surface area contributed by atoms with Crippen molar-refractivity contribution in [2.24, 2.45) is 11.0 Å². The van der Waals surface area contributed by atoms with Crippen molar-refractivity contribution in [3.05, 3.63) is 106 Å². The van der Waals surface area contributed by atoms with Crippen LogP contribution in [0.1, 0.15) is 23.1 Å². The number of nitro groups is 1. The second-order valence-corrected chi connectivity index (χ2v) is 7.20. The standard InChI is InChI=1S/C23H19N3O4/c27-21-12-11-16(13-20(21)26(29)30)15-24-25-22(28)19-14-23(19,17-7-3-1-4-8-17)18-9-5-2-6-10-18/h1-13,15,19,27H,14H2,(H,25,28)/b24-15+. The third-order valence-corrected chi connectivity index (χ3v) is 5.44. The van der Waals surface area contributed by atoms with Crippen molar-refractivity contribution in [1.29, 1.82) is 0 Å². The van der Waals surface area contributed by atoms with E-state index in [0.29, 0.717) is 12.0 Å². The largest absolute Gasteiger partial charge is 0.502 e. The van der Waals surface area contributed by atoms with Crippen LogP contribution in [-0.4, -0.2) is 22.2 Å². The summed E-state index contributed by atoms with van der Waals surface area (Å²) in [5, 5.41) is 24.4. The Hall–Kier alpha value is -4.00. The molecular weight excluding hydrogens is 382 g/mol. The summed E-state index contributed by atoms with van der Waals surface area (Å²) in [5.41, 5.74) is 4.30. The Balaban J connectivity index is 1.52. The Kier molecular flexibility index (Phi) is 5.02. The topological polar surface area (TPSA) is 105 Å². The average molecular weight is 401 g/mol. The van der Waals surface area contributed by atoms with Crippen molar-refractivity contribution in [1.82, 2.24) is 5.43 Å². The summed E-state index contributed by atoms with van der Waals surface area (Å²) in [6.45, 7) is 0. The summed E-state index contributed by atoms with van der Waals surface area (Å²) in [6.07, 6.45) is 1.99. The number of nitro benzene ring substituents is 1. The normalized spacial score (nSPS) is 16.9. The van der Waals surface area contributed by atoms with Crippen LogP contribution in [0.5, 0.6) is 5.75 Å². The van der Waals surface area contributed by atoms with E-state index >= 15 is 0 Å². The molecule has 0 saturated heterocycles. The Morgan fingerprint density at radius 1 is 1.07 bits per heavy atom. The summed E-state index contributed by atoms with van der Waals surface area (Å²) >= 11 is 0. The van der Waals surface area contributed by atoms with Crippen LogP contribution in [0.15, 0.2) is 84.0 Å². The first-order valence-electron chi connectivity index (χ1n) is 9.44. The summed E-state index contributed by atoms with van der Waals surface area (Å²) in [5.74, 6) is -0.907. The highest BCUT2D eigenvalue weighted by molar-refractivity contribution is 5.88. The molecule has 1 saturated carbocycles. The number of phenols is 1. The molecule has 7 heteroatoms. The molecule has 150 valence electrons. The first kappa shape index (κ1) is 19.3. The van der Waals surface area contributed by atoms with E-state index in [-0.39, 0.29) is 17.2 Å². The first-order valence-corrected chi connectivity index (χ1v) is 9.44. The van der Waals surface area contributed by atoms with Crippen LogP contribution in [0.25, 0.3) is 0 Å². The molecular formula is C23H19N3O4. The van der Waals surface area contributed by atoms with Crippen LogP contribution in [-0.2, 0) is 10.2 Å². The van der Waals surface area contributed by atoms with Gasteiger partial charge in [-0.3, -0.25) is 14.9 Å². The summed E-state index contributed by atoms with van der Waals surface area (Å²) < 4.78 is 0. The van der Waals surface area contributed by atoms with E-state index in [0.717, 1.165) is 11.1 Å². The van der Waals surface area contributed by atoms with Gasteiger partial charge in [-0.15, -0.1) is 0 Å². The number of carbonyl (C=O) groups is 1. The number of benzene rings is 3. The van der Waals surface area contributed by atoms with E-state index in [9.17, 15) is 20.0 Å². The van der Waals surface area contributed by atoms with Gasteiger partial charge in [-0.25, -0.2) is 5.43 Å². The molecule has 0 aromatic heterocycles. The predicted octanol–water partition coefficient (Wildman–Crippen LogP) is 3.76. The van der Waals surface area contributed by atoms with Gasteiger partial charge < -0.3 is 5.11 Å². The first-order chi connectivity index (χ1) is 14.5. The average Bonchev–Trinajstić information content (AvgIpc) is 3.53. The monoisotopic (exact) mass is 401 g/mol. The molecule has 1 fully saturated rings. The third-order valence-electron chi connectivity index (χ3n) is 5.44. The predicted molar refractivity (Wildman–Crippen MR) is 112 cm³/mol. The van der Waals surface area contributed by atoms with Crippen molar-refractivity contribution in [3.8, 4) is 5.75 Å².